The minimum atomic E-state index is -0.388. The van der Waals surface area contributed by atoms with Gasteiger partial charge in [-0.05, 0) is 17.4 Å². The number of nitrogens with zero attached hydrogens (tertiary/aromatic N) is 1. The molecule has 0 aromatic heterocycles. The lowest BCUT2D eigenvalue weighted by molar-refractivity contribution is -0.115. The average Bonchev–Trinajstić information content (AvgIpc) is 2.51. The van der Waals surface area contributed by atoms with Gasteiger partial charge in [-0.15, -0.1) is 0 Å². The molecular formula is C9H9Cl2NO. The molecule has 0 saturated heterocycles. The van der Waals surface area contributed by atoms with Crippen LogP contribution in [0.5, 0.6) is 0 Å². The molecule has 1 saturated carbocycles. The lowest BCUT2D eigenvalue weighted by Gasteiger charge is -1.96. The molecular weight excluding hydrogens is 209 g/mol. The Bertz CT molecular complexity index is 310. The van der Waals surface area contributed by atoms with Crippen LogP contribution in [-0.4, -0.2) is 5.78 Å². The summed E-state index contributed by atoms with van der Waals surface area (Å²) in [6.45, 7) is 3.84. The summed E-state index contributed by atoms with van der Waals surface area (Å²) in [5, 5.41) is 8.44. The van der Waals surface area contributed by atoms with Crippen molar-refractivity contribution in [1.82, 2.24) is 0 Å². The van der Waals surface area contributed by atoms with Crippen LogP contribution in [0.1, 0.15) is 13.8 Å². The lowest BCUT2D eigenvalue weighted by atomic mass is 10.1. The number of allylic oxidation sites excluding steroid dienone is 1. The predicted octanol–water partition coefficient (Wildman–Crippen LogP) is 2.67. The maximum Gasteiger partial charge on any atom is 0.236 e. The summed E-state index contributed by atoms with van der Waals surface area (Å²) in [6.07, 6.45) is 1.63. The Kier molecular flexibility index (Phi) is 2.70. The molecule has 0 spiro atoms. The highest BCUT2D eigenvalue weighted by Gasteiger charge is 2.60. The van der Waals surface area contributed by atoms with Gasteiger partial charge >= 0.3 is 0 Å². The zero-order chi connectivity index (χ0) is 10.2. The zero-order valence-corrected chi connectivity index (χ0v) is 8.86. The van der Waals surface area contributed by atoms with Crippen molar-refractivity contribution in [3.8, 4) is 6.07 Å². The normalized spacial score (nSPS) is 28.8. The highest BCUT2D eigenvalue weighted by atomic mass is 35.5. The number of hydrogen-bond donors (Lipinski definition) is 0. The molecule has 0 aliphatic heterocycles. The van der Waals surface area contributed by atoms with Gasteiger partial charge < -0.3 is 0 Å². The lowest BCUT2D eigenvalue weighted by Crippen LogP contribution is -2.01. The third-order valence-electron chi connectivity index (χ3n) is 2.61. The number of ketones is 1. The standard InChI is InChI=1S/C9H9Cl2NO/c1-9(2)5(3-7(10)11)8(9)6(13)4-12/h3,5,8H,1-2H3. The molecule has 1 fully saturated rings. The zero-order valence-electron chi connectivity index (χ0n) is 7.34. The molecule has 0 aromatic carbocycles. The Morgan fingerprint density at radius 2 is 2.08 bits per heavy atom. The predicted molar refractivity (Wildman–Crippen MR) is 51.2 cm³/mol. The van der Waals surface area contributed by atoms with Crippen molar-refractivity contribution in [2.45, 2.75) is 13.8 Å². The third-order valence-corrected chi connectivity index (χ3v) is 2.86. The summed E-state index contributed by atoms with van der Waals surface area (Å²) in [4.78, 5) is 11.1. The van der Waals surface area contributed by atoms with E-state index in [1.165, 1.54) is 0 Å². The molecule has 2 atom stereocenters. The number of carbonyl (C=O) groups is 1. The summed E-state index contributed by atoms with van der Waals surface area (Å²) in [6, 6.07) is 1.63. The van der Waals surface area contributed by atoms with Crippen molar-refractivity contribution >= 4 is 29.0 Å². The smallest absolute Gasteiger partial charge is 0.236 e. The van der Waals surface area contributed by atoms with Gasteiger partial charge in [-0.2, -0.15) is 5.26 Å². The Labute approximate surface area is 87.1 Å². The Morgan fingerprint density at radius 3 is 2.46 bits per heavy atom. The van der Waals surface area contributed by atoms with E-state index in [-0.39, 0.29) is 27.5 Å². The van der Waals surface area contributed by atoms with E-state index in [0.29, 0.717) is 0 Å². The van der Waals surface area contributed by atoms with Gasteiger partial charge in [0.25, 0.3) is 0 Å². The molecule has 1 aliphatic carbocycles. The maximum atomic E-state index is 11.1. The highest BCUT2D eigenvalue weighted by Crippen LogP contribution is 2.59. The molecule has 2 unspecified atom stereocenters. The first kappa shape index (κ1) is 10.6. The van der Waals surface area contributed by atoms with Gasteiger partial charge in [0.05, 0.1) is 0 Å². The van der Waals surface area contributed by atoms with Gasteiger partial charge in [0, 0.05) is 5.92 Å². The summed E-state index contributed by atoms with van der Waals surface area (Å²) >= 11 is 11.0. The molecule has 0 heterocycles. The Balaban J connectivity index is 2.79. The van der Waals surface area contributed by atoms with E-state index in [2.05, 4.69) is 0 Å². The second kappa shape index (κ2) is 3.32. The third kappa shape index (κ3) is 1.87. The average molecular weight is 218 g/mol. The van der Waals surface area contributed by atoms with Crippen LogP contribution in [0.25, 0.3) is 0 Å². The SMILES string of the molecule is CC1(C)C(C=C(Cl)Cl)C1C(=O)C#N. The fraction of sp³-hybridized carbons (Fsp3) is 0.556. The van der Waals surface area contributed by atoms with Gasteiger partial charge in [0.2, 0.25) is 5.78 Å². The van der Waals surface area contributed by atoms with Crippen LogP contribution < -0.4 is 0 Å². The van der Waals surface area contributed by atoms with Crippen molar-refractivity contribution in [2.75, 3.05) is 0 Å². The number of Topliss-reactive ketones (excluding diaryl/α,β-unsaturated/α-hetero) is 1. The molecule has 70 valence electrons. The topological polar surface area (TPSA) is 40.9 Å². The van der Waals surface area contributed by atoms with E-state index in [1.54, 1.807) is 12.1 Å². The van der Waals surface area contributed by atoms with Crippen LogP contribution >= 0.6 is 23.2 Å². The molecule has 13 heavy (non-hydrogen) atoms. The van der Waals surface area contributed by atoms with Crippen LogP contribution in [0.2, 0.25) is 0 Å². The maximum absolute atomic E-state index is 11.1. The molecule has 2 nitrogen and oxygen atoms in total. The van der Waals surface area contributed by atoms with Crippen molar-refractivity contribution in [3.05, 3.63) is 10.6 Å². The van der Waals surface area contributed by atoms with E-state index in [9.17, 15) is 4.79 Å². The summed E-state index contributed by atoms with van der Waals surface area (Å²) in [5.41, 5.74) is -0.179. The first-order valence-corrected chi connectivity index (χ1v) is 4.63. The summed E-state index contributed by atoms with van der Waals surface area (Å²) in [7, 11) is 0. The van der Waals surface area contributed by atoms with E-state index in [1.807, 2.05) is 13.8 Å². The largest absolute Gasteiger partial charge is 0.282 e. The van der Waals surface area contributed by atoms with Crippen LogP contribution in [0.15, 0.2) is 10.6 Å². The second-order valence-electron chi connectivity index (χ2n) is 3.76. The molecule has 0 N–H and O–H groups in total. The minimum Gasteiger partial charge on any atom is -0.282 e. The monoisotopic (exact) mass is 217 g/mol. The minimum absolute atomic E-state index is 0.00431. The first-order valence-electron chi connectivity index (χ1n) is 3.88. The van der Waals surface area contributed by atoms with E-state index in [4.69, 9.17) is 28.5 Å². The number of carbonyl (C=O) groups excluding carboxylic acids is 1. The van der Waals surface area contributed by atoms with Crippen LogP contribution in [0, 0.1) is 28.6 Å². The van der Waals surface area contributed by atoms with E-state index < -0.39 is 0 Å². The Hall–Kier alpha value is -0.520. The molecule has 1 rings (SSSR count). The van der Waals surface area contributed by atoms with Crippen molar-refractivity contribution in [3.63, 3.8) is 0 Å². The fourth-order valence-electron chi connectivity index (χ4n) is 1.69. The molecule has 4 heteroatoms. The Morgan fingerprint density at radius 1 is 1.54 bits per heavy atom. The quantitative estimate of drug-likeness (QED) is 0.668. The molecule has 0 amide bonds. The highest BCUT2D eigenvalue weighted by molar-refractivity contribution is 6.55. The van der Waals surface area contributed by atoms with Crippen LogP contribution in [0.3, 0.4) is 0 Å². The molecule has 1 aliphatic rings. The summed E-state index contributed by atoms with van der Waals surface area (Å²) < 4.78 is 0.159. The van der Waals surface area contributed by atoms with Crippen LogP contribution in [-0.2, 0) is 4.79 Å². The number of nitriles is 1. The van der Waals surface area contributed by atoms with Gasteiger partial charge in [-0.1, -0.05) is 37.0 Å². The number of halogens is 2. The molecule has 0 radical (unpaired) electrons. The van der Waals surface area contributed by atoms with Gasteiger partial charge in [0.15, 0.2) is 0 Å². The van der Waals surface area contributed by atoms with Crippen molar-refractivity contribution in [1.29, 1.82) is 5.26 Å². The van der Waals surface area contributed by atoms with Crippen molar-refractivity contribution in [2.24, 2.45) is 17.3 Å². The van der Waals surface area contributed by atoms with Gasteiger partial charge in [0.1, 0.15) is 10.6 Å². The van der Waals surface area contributed by atoms with Crippen LogP contribution in [0.4, 0.5) is 0 Å². The molecule has 0 aromatic rings. The van der Waals surface area contributed by atoms with Gasteiger partial charge in [-0.3, -0.25) is 4.79 Å². The number of rotatable bonds is 2. The van der Waals surface area contributed by atoms with Crippen molar-refractivity contribution < 1.29 is 4.79 Å². The van der Waals surface area contributed by atoms with Gasteiger partial charge in [-0.25, -0.2) is 0 Å². The van der Waals surface area contributed by atoms with E-state index >= 15 is 0 Å². The molecule has 0 bridgehead atoms. The first-order chi connectivity index (χ1) is 5.91. The fourth-order valence-corrected chi connectivity index (χ4v) is 1.97. The second-order valence-corrected chi connectivity index (χ2v) is 4.77. The summed E-state index contributed by atoms with van der Waals surface area (Å²) in [5.74, 6) is -0.629. The number of hydrogen-bond acceptors (Lipinski definition) is 2. The van der Waals surface area contributed by atoms with E-state index in [0.717, 1.165) is 0 Å².